The molecule has 0 atom stereocenters. The van der Waals surface area contributed by atoms with Crippen molar-refractivity contribution in [3.05, 3.63) is 52.9 Å². The maximum Gasteiger partial charge on any atom is 0.293 e. The van der Waals surface area contributed by atoms with Crippen LogP contribution in [-0.2, 0) is 9.59 Å². The lowest BCUT2D eigenvalue weighted by atomic mass is 10.2. The number of rotatable bonds is 8. The molecule has 2 heterocycles. The molecule has 1 N–H and O–H groups in total. The highest BCUT2D eigenvalue weighted by atomic mass is 32.2. The Labute approximate surface area is 188 Å². The largest absolute Gasteiger partial charge is 0.497 e. The summed E-state index contributed by atoms with van der Waals surface area (Å²) in [6, 6.07) is 12.1. The van der Waals surface area contributed by atoms with Crippen LogP contribution in [0.5, 0.6) is 23.0 Å². The van der Waals surface area contributed by atoms with Crippen LogP contribution < -0.4 is 24.3 Å². The average molecular weight is 456 g/mol. The minimum atomic E-state index is -0.401. The molecule has 1 fully saturated rings. The maximum absolute atomic E-state index is 12.6. The summed E-state index contributed by atoms with van der Waals surface area (Å²) in [7, 11) is 1.56. The van der Waals surface area contributed by atoms with E-state index in [0.717, 1.165) is 22.2 Å². The third-order valence-electron chi connectivity index (χ3n) is 4.65. The number of carbonyl (C=O) groups excluding carboxylic acids is 3. The van der Waals surface area contributed by atoms with Crippen molar-refractivity contribution < 1.29 is 33.3 Å². The lowest BCUT2D eigenvalue weighted by Crippen LogP contribution is -2.38. The van der Waals surface area contributed by atoms with Gasteiger partial charge in [-0.3, -0.25) is 19.3 Å². The van der Waals surface area contributed by atoms with Crippen molar-refractivity contribution in [3.63, 3.8) is 0 Å². The molecule has 0 saturated carbocycles. The van der Waals surface area contributed by atoms with Gasteiger partial charge in [-0.15, -0.1) is 0 Å². The molecule has 0 unspecified atom stereocenters. The average Bonchev–Trinajstić information content (AvgIpc) is 3.37. The molecule has 0 aromatic heterocycles. The van der Waals surface area contributed by atoms with Crippen molar-refractivity contribution in [2.24, 2.45) is 0 Å². The van der Waals surface area contributed by atoms with Crippen molar-refractivity contribution in [2.75, 3.05) is 33.6 Å². The van der Waals surface area contributed by atoms with Crippen LogP contribution in [0, 0.1) is 0 Å². The van der Waals surface area contributed by atoms with Crippen LogP contribution in [0.3, 0.4) is 0 Å². The smallest absolute Gasteiger partial charge is 0.293 e. The molecule has 10 heteroatoms. The highest BCUT2D eigenvalue weighted by molar-refractivity contribution is 8.18. The van der Waals surface area contributed by atoms with E-state index in [1.54, 1.807) is 55.7 Å². The number of hydrogen-bond donors (Lipinski definition) is 1. The van der Waals surface area contributed by atoms with E-state index < -0.39 is 5.91 Å². The van der Waals surface area contributed by atoms with E-state index in [9.17, 15) is 14.4 Å². The molecule has 9 nitrogen and oxygen atoms in total. The van der Waals surface area contributed by atoms with Gasteiger partial charge in [0.1, 0.15) is 11.5 Å². The van der Waals surface area contributed by atoms with E-state index in [0.29, 0.717) is 27.9 Å². The van der Waals surface area contributed by atoms with E-state index in [1.165, 1.54) is 0 Å². The normalized spacial score (nSPS) is 15.9. The molecule has 3 amide bonds. The minimum Gasteiger partial charge on any atom is -0.497 e. The Hall–Kier alpha value is -3.66. The number of carbonyl (C=O) groups is 3. The van der Waals surface area contributed by atoms with Crippen LogP contribution in [0.4, 0.5) is 4.79 Å². The van der Waals surface area contributed by atoms with Crippen LogP contribution in [0.1, 0.15) is 5.56 Å². The fourth-order valence-electron chi connectivity index (χ4n) is 3.03. The number of nitrogens with one attached hydrogen (secondary N) is 1. The van der Waals surface area contributed by atoms with Crippen molar-refractivity contribution in [1.29, 1.82) is 0 Å². The van der Waals surface area contributed by atoms with Crippen LogP contribution >= 0.6 is 11.8 Å². The Morgan fingerprint density at radius 1 is 1.12 bits per heavy atom. The lowest BCUT2D eigenvalue weighted by molar-refractivity contribution is -0.125. The molecule has 166 valence electrons. The molecule has 0 bridgehead atoms. The number of thioether (sulfide) groups is 1. The summed E-state index contributed by atoms with van der Waals surface area (Å²) < 4.78 is 21.1. The number of imide groups is 1. The molecule has 0 radical (unpaired) electrons. The summed E-state index contributed by atoms with van der Waals surface area (Å²) in [5.74, 6) is 1.69. The highest BCUT2D eigenvalue weighted by Gasteiger charge is 2.34. The first-order valence-electron chi connectivity index (χ1n) is 9.72. The SMILES string of the molecule is COc1ccc(OCC(=O)NCCN2C(=O)S/C(=C/c3ccc4c(c3)OCO4)C2=O)cc1. The van der Waals surface area contributed by atoms with E-state index in [-0.39, 0.29) is 37.6 Å². The van der Waals surface area contributed by atoms with E-state index in [2.05, 4.69) is 5.32 Å². The van der Waals surface area contributed by atoms with Crippen LogP contribution in [0.2, 0.25) is 0 Å². The second kappa shape index (κ2) is 9.65. The second-order valence-electron chi connectivity index (χ2n) is 6.76. The van der Waals surface area contributed by atoms with E-state index >= 15 is 0 Å². The van der Waals surface area contributed by atoms with Gasteiger partial charge in [-0.1, -0.05) is 6.07 Å². The Morgan fingerprint density at radius 2 is 1.88 bits per heavy atom. The molecule has 4 rings (SSSR count). The first-order valence-corrected chi connectivity index (χ1v) is 10.5. The molecule has 2 aliphatic heterocycles. The number of benzene rings is 2. The summed E-state index contributed by atoms with van der Waals surface area (Å²) in [4.78, 5) is 38.3. The van der Waals surface area contributed by atoms with Crippen molar-refractivity contribution in [3.8, 4) is 23.0 Å². The van der Waals surface area contributed by atoms with Gasteiger partial charge in [-0.05, 0) is 59.8 Å². The zero-order chi connectivity index (χ0) is 22.5. The van der Waals surface area contributed by atoms with Gasteiger partial charge in [0.25, 0.3) is 17.1 Å². The van der Waals surface area contributed by atoms with Gasteiger partial charge < -0.3 is 24.3 Å². The standard InChI is InChI=1S/C22H20N2O7S/c1-28-15-3-5-16(6-4-15)29-12-20(25)23-8-9-24-21(26)19(32-22(24)27)11-14-2-7-17-18(10-14)31-13-30-17/h2-7,10-11H,8-9,12-13H2,1H3,(H,23,25)/b19-11+. The van der Waals surface area contributed by atoms with Gasteiger partial charge in [0.05, 0.1) is 12.0 Å². The van der Waals surface area contributed by atoms with Gasteiger partial charge in [0, 0.05) is 13.1 Å². The quantitative estimate of drug-likeness (QED) is 0.605. The van der Waals surface area contributed by atoms with Gasteiger partial charge in [-0.25, -0.2) is 0 Å². The topological polar surface area (TPSA) is 103 Å². The summed E-state index contributed by atoms with van der Waals surface area (Å²) in [5.41, 5.74) is 0.726. The number of ether oxygens (including phenoxy) is 4. The predicted molar refractivity (Wildman–Crippen MR) is 117 cm³/mol. The first kappa shape index (κ1) is 21.6. The van der Waals surface area contributed by atoms with Crippen molar-refractivity contribution in [2.45, 2.75) is 0 Å². The Bertz CT molecular complexity index is 1070. The minimum absolute atomic E-state index is 0.0669. The number of nitrogens with zero attached hydrogens (tertiary/aromatic N) is 1. The molecule has 1 saturated heterocycles. The molecule has 2 aromatic rings. The van der Waals surface area contributed by atoms with Crippen LogP contribution in [0.25, 0.3) is 6.08 Å². The van der Waals surface area contributed by atoms with Crippen LogP contribution in [0.15, 0.2) is 47.4 Å². The molecular weight excluding hydrogens is 436 g/mol. The summed E-state index contributed by atoms with van der Waals surface area (Å²) in [6.07, 6.45) is 1.63. The van der Waals surface area contributed by atoms with Crippen molar-refractivity contribution in [1.82, 2.24) is 10.2 Å². The van der Waals surface area contributed by atoms with Gasteiger partial charge in [0.15, 0.2) is 18.1 Å². The Kier molecular flexibility index (Phi) is 6.50. The number of hydrogen-bond acceptors (Lipinski definition) is 8. The van der Waals surface area contributed by atoms with Gasteiger partial charge in [-0.2, -0.15) is 0 Å². The maximum atomic E-state index is 12.6. The van der Waals surface area contributed by atoms with Crippen LogP contribution in [-0.4, -0.2) is 55.6 Å². The lowest BCUT2D eigenvalue weighted by Gasteiger charge is -2.13. The summed E-state index contributed by atoms with van der Waals surface area (Å²) >= 11 is 0.858. The zero-order valence-electron chi connectivity index (χ0n) is 17.2. The zero-order valence-corrected chi connectivity index (χ0v) is 18.0. The summed E-state index contributed by atoms with van der Waals surface area (Å²) in [6.45, 7) is 0.169. The Morgan fingerprint density at radius 3 is 2.66 bits per heavy atom. The van der Waals surface area contributed by atoms with E-state index in [1.807, 2.05) is 0 Å². The number of methoxy groups -OCH3 is 1. The molecule has 32 heavy (non-hydrogen) atoms. The van der Waals surface area contributed by atoms with Gasteiger partial charge in [0.2, 0.25) is 6.79 Å². The monoisotopic (exact) mass is 456 g/mol. The number of amides is 3. The first-order chi connectivity index (χ1) is 15.5. The predicted octanol–water partition coefficient (Wildman–Crippen LogP) is 2.66. The fourth-order valence-corrected chi connectivity index (χ4v) is 3.89. The molecule has 0 aliphatic carbocycles. The van der Waals surface area contributed by atoms with Crippen molar-refractivity contribution >= 4 is 34.9 Å². The summed E-state index contributed by atoms with van der Waals surface area (Å²) in [5, 5.41) is 2.26. The number of fused-ring (bicyclic) bond motifs is 1. The molecule has 2 aromatic carbocycles. The Balaban J connectivity index is 1.25. The second-order valence-corrected chi connectivity index (χ2v) is 7.75. The highest BCUT2D eigenvalue weighted by Crippen LogP contribution is 2.36. The van der Waals surface area contributed by atoms with Gasteiger partial charge >= 0.3 is 0 Å². The fraction of sp³-hybridized carbons (Fsp3) is 0.227. The molecule has 0 spiro atoms. The third kappa shape index (κ3) is 4.97. The molecule has 2 aliphatic rings. The molecular formula is C22H20N2O7S. The van der Waals surface area contributed by atoms with E-state index in [4.69, 9.17) is 18.9 Å². The third-order valence-corrected chi connectivity index (χ3v) is 5.56.